The van der Waals surface area contributed by atoms with Crippen molar-refractivity contribution in [2.45, 2.75) is 51.1 Å². The smallest absolute Gasteiger partial charge is 0.243 e. The zero-order valence-electron chi connectivity index (χ0n) is 15.2. The molecular formula is C20H22ClN5S. The number of rotatable bonds is 4. The first-order valence-corrected chi connectivity index (χ1v) is 10.5. The molecule has 140 valence electrons. The summed E-state index contributed by atoms with van der Waals surface area (Å²) in [6, 6.07) is 6.43. The molecule has 1 aliphatic rings. The van der Waals surface area contributed by atoms with Crippen LogP contribution in [-0.2, 0) is 6.54 Å². The first-order valence-electron chi connectivity index (χ1n) is 9.21. The molecule has 0 aromatic carbocycles. The molecule has 3 aromatic rings. The van der Waals surface area contributed by atoms with Crippen LogP contribution in [0.2, 0.25) is 5.28 Å². The standard InChI is InChI=1S/C20H22ClN5S/c1-2-6-17-15(14-8-3-4-9-16(14)22)11-18-19(24-20(21)25-26(17)18)23-12-13-7-5-10-27-13/h5,7,10-11,14,16H,3-4,8-9,12,22H2,1H3,(H,23,24,25)/t14-,16+/m1/s1. The summed E-state index contributed by atoms with van der Waals surface area (Å²) < 4.78 is 1.82. The van der Waals surface area contributed by atoms with Crippen LogP contribution in [0.15, 0.2) is 23.6 Å². The average molecular weight is 400 g/mol. The van der Waals surface area contributed by atoms with Crippen LogP contribution >= 0.6 is 22.9 Å². The third kappa shape index (κ3) is 3.68. The first-order chi connectivity index (χ1) is 13.2. The van der Waals surface area contributed by atoms with Gasteiger partial charge in [-0.2, -0.15) is 4.98 Å². The molecule has 4 rings (SSSR count). The van der Waals surface area contributed by atoms with Gasteiger partial charge < -0.3 is 11.1 Å². The quantitative estimate of drug-likeness (QED) is 0.637. The van der Waals surface area contributed by atoms with Crippen LogP contribution in [0.5, 0.6) is 0 Å². The summed E-state index contributed by atoms with van der Waals surface area (Å²) in [5.41, 5.74) is 9.38. The summed E-state index contributed by atoms with van der Waals surface area (Å²) in [4.78, 5) is 5.66. The number of thiophene rings is 1. The van der Waals surface area contributed by atoms with Crippen LogP contribution in [0.25, 0.3) is 5.52 Å². The van der Waals surface area contributed by atoms with Crippen LogP contribution < -0.4 is 11.1 Å². The van der Waals surface area contributed by atoms with E-state index in [1.807, 2.05) is 17.5 Å². The number of hydrogen-bond acceptors (Lipinski definition) is 5. The fourth-order valence-electron chi connectivity index (χ4n) is 3.83. The Morgan fingerprint density at radius 2 is 2.26 bits per heavy atom. The van der Waals surface area contributed by atoms with Gasteiger partial charge in [0.25, 0.3) is 0 Å². The van der Waals surface area contributed by atoms with Gasteiger partial charge in [-0.25, -0.2) is 4.52 Å². The van der Waals surface area contributed by atoms with Crippen molar-refractivity contribution in [2.75, 3.05) is 5.32 Å². The van der Waals surface area contributed by atoms with Crippen LogP contribution in [0.3, 0.4) is 0 Å². The van der Waals surface area contributed by atoms with Crippen molar-refractivity contribution in [1.29, 1.82) is 0 Å². The van der Waals surface area contributed by atoms with E-state index in [1.165, 1.54) is 17.7 Å². The molecule has 0 bridgehead atoms. The fraction of sp³-hybridized carbons (Fsp3) is 0.400. The molecule has 3 N–H and O–H groups in total. The van der Waals surface area contributed by atoms with E-state index in [1.54, 1.807) is 11.3 Å². The number of nitrogens with one attached hydrogen (secondary N) is 1. The van der Waals surface area contributed by atoms with Crippen molar-refractivity contribution in [1.82, 2.24) is 14.6 Å². The molecule has 0 spiro atoms. The van der Waals surface area contributed by atoms with Gasteiger partial charge in [-0.3, -0.25) is 0 Å². The maximum Gasteiger partial charge on any atom is 0.243 e. The van der Waals surface area contributed by atoms with Crippen LogP contribution in [0.1, 0.15) is 54.7 Å². The number of anilines is 1. The highest BCUT2D eigenvalue weighted by molar-refractivity contribution is 7.09. The molecule has 3 aromatic heterocycles. The van der Waals surface area contributed by atoms with E-state index in [-0.39, 0.29) is 11.3 Å². The van der Waals surface area contributed by atoms with Crippen molar-refractivity contribution >= 4 is 34.3 Å². The first kappa shape index (κ1) is 18.3. The molecule has 7 heteroatoms. The summed E-state index contributed by atoms with van der Waals surface area (Å²) in [5, 5.41) is 10.1. The van der Waals surface area contributed by atoms with Gasteiger partial charge in [-0.1, -0.05) is 24.8 Å². The highest BCUT2D eigenvalue weighted by Crippen LogP contribution is 2.36. The number of aromatic nitrogens is 3. The van der Waals surface area contributed by atoms with Gasteiger partial charge in [0.1, 0.15) is 11.2 Å². The Morgan fingerprint density at radius 3 is 3.00 bits per heavy atom. The monoisotopic (exact) mass is 399 g/mol. The normalized spacial score (nSPS) is 19.7. The van der Waals surface area contributed by atoms with Gasteiger partial charge in [0.05, 0.1) is 6.54 Å². The van der Waals surface area contributed by atoms with Crippen LogP contribution in [-0.4, -0.2) is 20.6 Å². The molecule has 1 fully saturated rings. The molecule has 0 aliphatic heterocycles. The predicted molar refractivity (Wildman–Crippen MR) is 111 cm³/mol. The molecule has 1 saturated carbocycles. The molecule has 0 radical (unpaired) electrons. The molecular weight excluding hydrogens is 378 g/mol. The van der Waals surface area contributed by atoms with Gasteiger partial charge in [0.2, 0.25) is 5.28 Å². The van der Waals surface area contributed by atoms with E-state index < -0.39 is 0 Å². The van der Waals surface area contributed by atoms with Crippen LogP contribution in [0, 0.1) is 11.8 Å². The lowest BCUT2D eigenvalue weighted by atomic mass is 9.80. The van der Waals surface area contributed by atoms with Gasteiger partial charge in [0, 0.05) is 16.8 Å². The Hall–Kier alpha value is -2.07. The Kier molecular flexibility index (Phi) is 5.35. The second-order valence-electron chi connectivity index (χ2n) is 6.84. The lowest BCUT2D eigenvalue weighted by molar-refractivity contribution is 0.385. The van der Waals surface area contributed by atoms with E-state index in [2.05, 4.69) is 44.8 Å². The molecule has 0 amide bonds. The number of hydrogen-bond donors (Lipinski definition) is 2. The zero-order chi connectivity index (χ0) is 18.8. The number of nitrogens with two attached hydrogens (primary N) is 1. The average Bonchev–Trinajstić information content (AvgIpc) is 3.29. The Labute approximate surface area is 167 Å². The molecule has 0 saturated heterocycles. The summed E-state index contributed by atoms with van der Waals surface area (Å²) in [6.45, 7) is 2.53. The lowest BCUT2D eigenvalue weighted by Gasteiger charge is -2.28. The van der Waals surface area contributed by atoms with Gasteiger partial charge in [0.15, 0.2) is 5.82 Å². The SMILES string of the molecule is CC#Cc1c([C@H]2CCCC[C@@H]2N)cc2c(NCc3cccs3)nc(Cl)nn12. The second kappa shape index (κ2) is 7.89. The molecule has 3 heterocycles. The fourth-order valence-corrected chi connectivity index (χ4v) is 4.64. The third-order valence-corrected chi connectivity index (χ3v) is 6.14. The van der Waals surface area contributed by atoms with Crippen LogP contribution in [0.4, 0.5) is 5.82 Å². The van der Waals surface area contributed by atoms with Gasteiger partial charge in [-0.05, 0) is 60.4 Å². The van der Waals surface area contributed by atoms with Crippen molar-refractivity contribution in [3.05, 3.63) is 45.0 Å². The molecule has 1 aliphatic carbocycles. The molecule has 27 heavy (non-hydrogen) atoms. The molecule has 5 nitrogen and oxygen atoms in total. The summed E-state index contributed by atoms with van der Waals surface area (Å²) in [5.74, 6) is 7.25. The summed E-state index contributed by atoms with van der Waals surface area (Å²) in [7, 11) is 0. The van der Waals surface area contributed by atoms with Gasteiger partial charge in [-0.15, -0.1) is 16.4 Å². The maximum absolute atomic E-state index is 6.45. The lowest BCUT2D eigenvalue weighted by Crippen LogP contribution is -2.31. The molecule has 0 unspecified atom stereocenters. The topological polar surface area (TPSA) is 68.2 Å². The van der Waals surface area contributed by atoms with Gasteiger partial charge >= 0.3 is 0 Å². The maximum atomic E-state index is 6.45. The Bertz CT molecular complexity index is 999. The van der Waals surface area contributed by atoms with Crippen molar-refractivity contribution in [3.63, 3.8) is 0 Å². The summed E-state index contributed by atoms with van der Waals surface area (Å²) >= 11 is 7.93. The van der Waals surface area contributed by atoms with Crippen molar-refractivity contribution in [3.8, 4) is 11.8 Å². The Balaban J connectivity index is 1.80. The predicted octanol–water partition coefficient (Wildman–Crippen LogP) is 4.41. The number of halogens is 1. The minimum atomic E-state index is 0.152. The number of nitrogens with zero attached hydrogens (tertiary/aromatic N) is 3. The van der Waals surface area contributed by atoms with E-state index >= 15 is 0 Å². The highest BCUT2D eigenvalue weighted by atomic mass is 35.5. The third-order valence-electron chi connectivity index (χ3n) is 5.11. The summed E-state index contributed by atoms with van der Waals surface area (Å²) in [6.07, 6.45) is 4.51. The number of fused-ring (bicyclic) bond motifs is 1. The second-order valence-corrected chi connectivity index (χ2v) is 8.21. The van der Waals surface area contributed by atoms with E-state index in [0.717, 1.165) is 35.4 Å². The van der Waals surface area contributed by atoms with E-state index in [0.29, 0.717) is 12.5 Å². The molecule has 2 atom stereocenters. The van der Waals surface area contributed by atoms with E-state index in [4.69, 9.17) is 17.3 Å². The van der Waals surface area contributed by atoms with Crippen molar-refractivity contribution < 1.29 is 0 Å². The Morgan fingerprint density at radius 1 is 1.41 bits per heavy atom. The minimum Gasteiger partial charge on any atom is -0.363 e. The van der Waals surface area contributed by atoms with Crippen molar-refractivity contribution in [2.24, 2.45) is 5.73 Å². The van der Waals surface area contributed by atoms with E-state index in [9.17, 15) is 0 Å². The zero-order valence-corrected chi connectivity index (χ0v) is 16.8. The minimum absolute atomic E-state index is 0.152. The largest absolute Gasteiger partial charge is 0.363 e. The highest BCUT2D eigenvalue weighted by Gasteiger charge is 2.28.